The molecule has 2 N–H and O–H groups in total. The van der Waals surface area contributed by atoms with Crippen molar-refractivity contribution in [3.05, 3.63) is 54.0 Å². The van der Waals surface area contributed by atoms with Crippen molar-refractivity contribution >= 4 is 16.8 Å². The summed E-state index contributed by atoms with van der Waals surface area (Å²) in [7, 11) is 1.89. The molecule has 0 aliphatic heterocycles. The SMILES string of the molecule is Cn1cc(C(NC(=O)CCc2c[nH]c3ccccc23)C(C)(C)C)cn1. The molecule has 0 spiro atoms. The second-order valence-corrected chi connectivity index (χ2v) is 7.67. The second-order valence-electron chi connectivity index (χ2n) is 7.67. The van der Waals surface area contributed by atoms with Gasteiger partial charge in [-0.2, -0.15) is 5.10 Å². The molecule has 0 bridgehead atoms. The number of aryl methyl sites for hydroxylation is 2. The number of nitrogens with one attached hydrogen (secondary N) is 2. The highest BCUT2D eigenvalue weighted by molar-refractivity contribution is 5.84. The number of para-hydroxylation sites is 1. The number of rotatable bonds is 5. The molecule has 1 atom stereocenters. The molecule has 1 amide bonds. The average Bonchev–Trinajstić information content (AvgIpc) is 3.16. The highest BCUT2D eigenvalue weighted by Gasteiger charge is 2.28. The Balaban J connectivity index is 1.68. The fourth-order valence-corrected chi connectivity index (χ4v) is 3.21. The molecule has 0 fully saturated rings. The summed E-state index contributed by atoms with van der Waals surface area (Å²) in [6.45, 7) is 6.39. The third-order valence-corrected chi connectivity index (χ3v) is 4.53. The number of carbonyl (C=O) groups excluding carboxylic acids is 1. The highest BCUT2D eigenvalue weighted by Crippen LogP contribution is 2.32. The predicted octanol–water partition coefficient (Wildman–Crippen LogP) is 3.74. The number of carbonyl (C=O) groups is 1. The van der Waals surface area contributed by atoms with Gasteiger partial charge in [0.2, 0.25) is 5.91 Å². The Labute approximate surface area is 148 Å². The zero-order valence-electron chi connectivity index (χ0n) is 15.3. The molecule has 0 radical (unpaired) electrons. The monoisotopic (exact) mass is 338 g/mol. The first kappa shape index (κ1) is 17.3. The van der Waals surface area contributed by atoms with Crippen molar-refractivity contribution < 1.29 is 4.79 Å². The Morgan fingerprint density at radius 1 is 1.32 bits per heavy atom. The lowest BCUT2D eigenvalue weighted by Gasteiger charge is -2.30. The summed E-state index contributed by atoms with van der Waals surface area (Å²) in [6.07, 6.45) is 6.99. The minimum Gasteiger partial charge on any atom is -0.361 e. The number of hydrogen-bond donors (Lipinski definition) is 2. The van der Waals surface area contributed by atoms with E-state index in [4.69, 9.17) is 0 Å². The maximum absolute atomic E-state index is 12.6. The summed E-state index contributed by atoms with van der Waals surface area (Å²) in [4.78, 5) is 15.8. The molecule has 0 aliphatic carbocycles. The van der Waals surface area contributed by atoms with Gasteiger partial charge in [-0.25, -0.2) is 0 Å². The fourth-order valence-electron chi connectivity index (χ4n) is 3.21. The first-order valence-corrected chi connectivity index (χ1v) is 8.67. The van der Waals surface area contributed by atoms with Crippen molar-refractivity contribution in [3.63, 3.8) is 0 Å². The minimum atomic E-state index is -0.0839. The number of aromatic amines is 1. The molecular weight excluding hydrogens is 312 g/mol. The Kier molecular flexibility index (Phi) is 4.66. The molecule has 5 nitrogen and oxygen atoms in total. The molecular formula is C20H26N4O. The Morgan fingerprint density at radius 3 is 2.76 bits per heavy atom. The van der Waals surface area contributed by atoms with Crippen LogP contribution in [0.4, 0.5) is 0 Å². The van der Waals surface area contributed by atoms with E-state index in [9.17, 15) is 4.79 Å². The van der Waals surface area contributed by atoms with E-state index in [1.165, 1.54) is 10.9 Å². The number of H-pyrrole nitrogens is 1. The van der Waals surface area contributed by atoms with Crippen molar-refractivity contribution in [2.45, 2.75) is 39.7 Å². The van der Waals surface area contributed by atoms with Crippen LogP contribution in [0.15, 0.2) is 42.9 Å². The molecule has 2 heterocycles. The lowest BCUT2D eigenvalue weighted by Crippen LogP contribution is -2.36. The van der Waals surface area contributed by atoms with Crippen LogP contribution in [0.2, 0.25) is 0 Å². The zero-order valence-corrected chi connectivity index (χ0v) is 15.3. The largest absolute Gasteiger partial charge is 0.361 e. The number of fused-ring (bicyclic) bond motifs is 1. The molecule has 0 saturated carbocycles. The van der Waals surface area contributed by atoms with Crippen LogP contribution in [0, 0.1) is 5.41 Å². The van der Waals surface area contributed by atoms with Crippen molar-refractivity contribution in [2.24, 2.45) is 12.5 Å². The van der Waals surface area contributed by atoms with Gasteiger partial charge in [-0.05, 0) is 23.5 Å². The van der Waals surface area contributed by atoms with Crippen molar-refractivity contribution in [2.75, 3.05) is 0 Å². The molecule has 1 unspecified atom stereocenters. The number of benzene rings is 1. The van der Waals surface area contributed by atoms with Crippen LogP contribution in [0.1, 0.15) is 44.4 Å². The van der Waals surface area contributed by atoms with Gasteiger partial charge in [0.1, 0.15) is 0 Å². The molecule has 25 heavy (non-hydrogen) atoms. The van der Waals surface area contributed by atoms with E-state index in [1.807, 2.05) is 37.8 Å². The van der Waals surface area contributed by atoms with E-state index in [0.29, 0.717) is 6.42 Å². The lowest BCUT2D eigenvalue weighted by atomic mass is 9.83. The summed E-state index contributed by atoms with van der Waals surface area (Å²) < 4.78 is 1.77. The van der Waals surface area contributed by atoms with E-state index in [-0.39, 0.29) is 17.4 Å². The molecule has 0 aliphatic rings. The predicted molar refractivity (Wildman–Crippen MR) is 100 cm³/mol. The molecule has 0 saturated heterocycles. The van der Waals surface area contributed by atoms with Gasteiger partial charge in [-0.1, -0.05) is 39.0 Å². The fraction of sp³-hybridized carbons (Fsp3) is 0.400. The standard InChI is InChI=1S/C20H26N4O/c1-20(2,3)19(15-12-22-24(4)13-15)23-18(25)10-9-14-11-21-17-8-6-5-7-16(14)17/h5-8,11-13,19,21H,9-10H2,1-4H3,(H,23,25). The van der Waals surface area contributed by atoms with Crippen LogP contribution in [-0.4, -0.2) is 20.7 Å². The first-order chi connectivity index (χ1) is 11.8. The number of hydrogen-bond acceptors (Lipinski definition) is 2. The van der Waals surface area contributed by atoms with Crippen LogP contribution < -0.4 is 5.32 Å². The zero-order chi connectivity index (χ0) is 18.0. The summed E-state index contributed by atoms with van der Waals surface area (Å²) in [5.74, 6) is 0.0639. The summed E-state index contributed by atoms with van der Waals surface area (Å²) in [6, 6.07) is 8.12. The van der Waals surface area contributed by atoms with Gasteiger partial charge in [-0.15, -0.1) is 0 Å². The number of nitrogens with zero attached hydrogens (tertiary/aromatic N) is 2. The van der Waals surface area contributed by atoms with Gasteiger partial charge in [0.05, 0.1) is 12.2 Å². The molecule has 1 aromatic carbocycles. The average molecular weight is 338 g/mol. The van der Waals surface area contributed by atoms with Crippen LogP contribution >= 0.6 is 0 Å². The van der Waals surface area contributed by atoms with Crippen LogP contribution in [0.5, 0.6) is 0 Å². The summed E-state index contributed by atoms with van der Waals surface area (Å²) in [5, 5.41) is 8.62. The molecule has 5 heteroatoms. The topological polar surface area (TPSA) is 62.7 Å². The van der Waals surface area contributed by atoms with Gasteiger partial charge in [0.25, 0.3) is 0 Å². The quantitative estimate of drug-likeness (QED) is 0.744. The van der Waals surface area contributed by atoms with Crippen molar-refractivity contribution in [1.29, 1.82) is 0 Å². The first-order valence-electron chi connectivity index (χ1n) is 8.67. The van der Waals surface area contributed by atoms with Gasteiger partial charge in [0.15, 0.2) is 0 Å². The number of aromatic nitrogens is 3. The van der Waals surface area contributed by atoms with Crippen LogP contribution in [0.3, 0.4) is 0 Å². The number of amides is 1. The third kappa shape index (κ3) is 3.92. The highest BCUT2D eigenvalue weighted by atomic mass is 16.1. The Hall–Kier alpha value is -2.56. The van der Waals surface area contributed by atoms with E-state index in [2.05, 4.69) is 48.3 Å². The molecule has 132 valence electrons. The second kappa shape index (κ2) is 6.75. The van der Waals surface area contributed by atoms with E-state index >= 15 is 0 Å². The summed E-state index contributed by atoms with van der Waals surface area (Å²) in [5.41, 5.74) is 3.25. The van der Waals surface area contributed by atoms with Crippen molar-refractivity contribution in [1.82, 2.24) is 20.1 Å². The van der Waals surface area contributed by atoms with Gasteiger partial charge < -0.3 is 10.3 Å². The minimum absolute atomic E-state index is 0.0586. The lowest BCUT2D eigenvalue weighted by molar-refractivity contribution is -0.122. The van der Waals surface area contributed by atoms with Crippen LogP contribution in [0.25, 0.3) is 10.9 Å². The van der Waals surface area contributed by atoms with Crippen molar-refractivity contribution in [3.8, 4) is 0 Å². The van der Waals surface area contributed by atoms with Gasteiger partial charge >= 0.3 is 0 Å². The maximum atomic E-state index is 12.6. The Morgan fingerprint density at radius 2 is 2.08 bits per heavy atom. The molecule has 3 rings (SSSR count). The van der Waals surface area contributed by atoms with Gasteiger partial charge in [-0.3, -0.25) is 9.48 Å². The third-order valence-electron chi connectivity index (χ3n) is 4.53. The van der Waals surface area contributed by atoms with E-state index in [0.717, 1.165) is 17.5 Å². The van der Waals surface area contributed by atoms with E-state index < -0.39 is 0 Å². The normalized spacial score (nSPS) is 13.1. The van der Waals surface area contributed by atoms with Gasteiger partial charge in [0, 0.05) is 42.3 Å². The van der Waals surface area contributed by atoms with E-state index in [1.54, 1.807) is 4.68 Å². The maximum Gasteiger partial charge on any atom is 0.220 e. The summed E-state index contributed by atoms with van der Waals surface area (Å²) >= 11 is 0. The molecule has 3 aromatic rings. The smallest absolute Gasteiger partial charge is 0.220 e. The molecule has 2 aromatic heterocycles. The van der Waals surface area contributed by atoms with Crippen LogP contribution in [-0.2, 0) is 18.3 Å². The Bertz CT molecular complexity index is 869.